The lowest BCUT2D eigenvalue weighted by Gasteiger charge is -2.44. The van der Waals surface area contributed by atoms with E-state index in [4.69, 9.17) is 18.9 Å². The number of carbonyl (C=O) groups is 3. The van der Waals surface area contributed by atoms with Crippen LogP contribution >= 0.6 is 0 Å². The first-order valence-electron chi connectivity index (χ1n) is 17.7. The average Bonchev–Trinajstić information content (AvgIpc) is 3.28. The molecule has 0 N–H and O–H groups in total. The van der Waals surface area contributed by atoms with Crippen LogP contribution < -0.4 is 0 Å². The van der Waals surface area contributed by atoms with Crippen molar-refractivity contribution in [2.24, 2.45) is 16.7 Å². The number of rotatable bonds is 20. The van der Waals surface area contributed by atoms with E-state index in [1.807, 2.05) is 20.8 Å². The third kappa shape index (κ3) is 8.35. The molecule has 0 amide bonds. The molecule has 3 rings (SSSR count). The Morgan fingerprint density at radius 3 is 2.02 bits per heavy atom. The molecule has 0 aromatic heterocycles. The number of hydrogen-bond donors (Lipinski definition) is 0. The van der Waals surface area contributed by atoms with Crippen LogP contribution in [0.3, 0.4) is 0 Å². The Hall–Kier alpha value is -1.63. The second-order valence-corrected chi connectivity index (χ2v) is 14.4. The second kappa shape index (κ2) is 16.6. The zero-order valence-electron chi connectivity index (χ0n) is 28.3. The van der Waals surface area contributed by atoms with Gasteiger partial charge in [-0.1, -0.05) is 105 Å². The van der Waals surface area contributed by atoms with Gasteiger partial charge in [0.2, 0.25) is 5.60 Å². The molecule has 7 nitrogen and oxygen atoms in total. The van der Waals surface area contributed by atoms with Crippen LogP contribution in [0.2, 0.25) is 0 Å². The van der Waals surface area contributed by atoms with Gasteiger partial charge in [-0.05, 0) is 45.4 Å². The summed E-state index contributed by atoms with van der Waals surface area (Å²) < 4.78 is 24.1. The molecule has 1 saturated carbocycles. The lowest BCUT2D eigenvalue weighted by Crippen LogP contribution is -2.53. The first-order valence-corrected chi connectivity index (χ1v) is 17.7. The number of hydrogen-bond acceptors (Lipinski definition) is 7. The van der Waals surface area contributed by atoms with Gasteiger partial charge in [0.05, 0.1) is 24.7 Å². The Morgan fingerprint density at radius 2 is 1.42 bits per heavy atom. The number of esters is 3. The normalized spacial score (nSPS) is 31.2. The molecule has 248 valence electrons. The first-order chi connectivity index (χ1) is 20.6. The Kier molecular flexibility index (Phi) is 13.8. The van der Waals surface area contributed by atoms with Crippen molar-refractivity contribution in [1.29, 1.82) is 0 Å². The van der Waals surface area contributed by atoms with E-state index in [1.165, 1.54) is 45.6 Å². The largest absolute Gasteiger partial charge is 0.469 e. The van der Waals surface area contributed by atoms with Crippen LogP contribution in [0.15, 0.2) is 0 Å². The third-order valence-electron chi connectivity index (χ3n) is 11.4. The van der Waals surface area contributed by atoms with Crippen LogP contribution in [0.1, 0.15) is 163 Å². The monoisotopic (exact) mass is 606 g/mol. The summed E-state index contributed by atoms with van der Waals surface area (Å²) in [4.78, 5) is 38.5. The molecule has 3 aliphatic rings. The van der Waals surface area contributed by atoms with Gasteiger partial charge in [-0.2, -0.15) is 0 Å². The van der Waals surface area contributed by atoms with Gasteiger partial charge >= 0.3 is 17.9 Å². The second-order valence-electron chi connectivity index (χ2n) is 14.4. The van der Waals surface area contributed by atoms with Crippen molar-refractivity contribution in [2.45, 2.75) is 187 Å². The highest BCUT2D eigenvalue weighted by atomic mass is 16.6. The zero-order valence-corrected chi connectivity index (χ0v) is 28.3. The predicted molar refractivity (Wildman–Crippen MR) is 168 cm³/mol. The minimum absolute atomic E-state index is 0.0735. The molecule has 1 aliphatic carbocycles. The quantitative estimate of drug-likeness (QED) is 0.0778. The van der Waals surface area contributed by atoms with E-state index in [0.717, 1.165) is 70.6 Å². The van der Waals surface area contributed by atoms with Crippen molar-refractivity contribution in [3.8, 4) is 0 Å². The third-order valence-corrected chi connectivity index (χ3v) is 11.4. The molecule has 0 radical (unpaired) electrons. The van der Waals surface area contributed by atoms with E-state index < -0.39 is 16.4 Å². The highest BCUT2D eigenvalue weighted by Gasteiger charge is 2.76. The Labute approximate surface area is 261 Å². The summed E-state index contributed by atoms with van der Waals surface area (Å²) in [5, 5.41) is 0. The predicted octanol–water partition coefficient (Wildman–Crippen LogP) is 8.64. The van der Waals surface area contributed by atoms with Gasteiger partial charge in [0.1, 0.15) is 6.10 Å². The van der Waals surface area contributed by atoms with E-state index in [2.05, 4.69) is 13.8 Å². The molecule has 3 fully saturated rings. The maximum atomic E-state index is 14.1. The molecule has 2 bridgehead atoms. The highest BCUT2D eigenvalue weighted by Crippen LogP contribution is 2.66. The zero-order chi connectivity index (χ0) is 31.5. The van der Waals surface area contributed by atoms with Gasteiger partial charge in [0.15, 0.2) is 0 Å². The van der Waals surface area contributed by atoms with E-state index >= 15 is 0 Å². The van der Waals surface area contributed by atoms with Crippen LogP contribution in [0.5, 0.6) is 0 Å². The number of ether oxygens (including phenoxy) is 4. The standard InChI is InChI=1S/C36H62O7/c1-7-9-11-16-20-27-26-30(42-33(39)36-25-24-35(5,32(38)43-36)34(36,3)4)28(29(41-27)22-18-12-10-8-2)21-17-14-13-15-19-23-31(37)40-6/h27-30H,7-26H2,1-6H3/t27-,28-,29+,30+,35+,36-/m1/s1. The molecule has 0 spiro atoms. The Balaban J connectivity index is 1.72. The van der Waals surface area contributed by atoms with Crippen molar-refractivity contribution >= 4 is 17.9 Å². The number of unbranched alkanes of at least 4 members (excludes halogenated alkanes) is 10. The van der Waals surface area contributed by atoms with Gasteiger partial charge in [-0.3, -0.25) is 9.59 Å². The van der Waals surface area contributed by atoms with Crippen molar-refractivity contribution in [3.63, 3.8) is 0 Å². The summed E-state index contributed by atoms with van der Waals surface area (Å²) in [7, 11) is 1.44. The van der Waals surface area contributed by atoms with Crippen molar-refractivity contribution < 1.29 is 33.3 Å². The fraction of sp³-hybridized carbons (Fsp3) is 0.917. The van der Waals surface area contributed by atoms with Gasteiger partial charge in [0, 0.05) is 24.2 Å². The molecule has 0 aromatic rings. The maximum Gasteiger partial charge on any atom is 0.351 e. The molecule has 0 aromatic carbocycles. The van der Waals surface area contributed by atoms with Gasteiger partial charge in [-0.25, -0.2) is 4.79 Å². The fourth-order valence-corrected chi connectivity index (χ4v) is 7.84. The van der Waals surface area contributed by atoms with E-state index in [1.54, 1.807) is 0 Å². The van der Waals surface area contributed by atoms with E-state index in [-0.39, 0.29) is 42.1 Å². The number of carbonyl (C=O) groups excluding carboxylic acids is 3. The fourth-order valence-electron chi connectivity index (χ4n) is 7.84. The SMILES string of the molecule is CCCCCC[C@@H]1C[C@H](OC(=O)[C@@]23CC[C@@](C)(C(=O)O2)C3(C)C)[C@H](CCCCCCCC(=O)OC)[C@H](CCCCCC)O1. The molecule has 7 heteroatoms. The summed E-state index contributed by atoms with van der Waals surface area (Å²) in [5.74, 6) is -0.616. The minimum Gasteiger partial charge on any atom is -0.469 e. The summed E-state index contributed by atoms with van der Waals surface area (Å²) >= 11 is 0. The maximum absolute atomic E-state index is 14.1. The Bertz CT molecular complexity index is 900. The molecule has 2 aliphatic heterocycles. The van der Waals surface area contributed by atoms with Crippen LogP contribution in [-0.4, -0.2) is 48.9 Å². The summed E-state index contributed by atoms with van der Waals surface area (Å²) in [5.41, 5.74) is -2.47. The summed E-state index contributed by atoms with van der Waals surface area (Å²) in [6.45, 7) is 10.4. The lowest BCUT2D eigenvalue weighted by atomic mass is 9.66. The summed E-state index contributed by atoms with van der Waals surface area (Å²) in [6, 6.07) is 0. The summed E-state index contributed by atoms with van der Waals surface area (Å²) in [6.07, 6.45) is 19.8. The Morgan fingerprint density at radius 1 is 0.814 bits per heavy atom. The molecule has 2 saturated heterocycles. The van der Waals surface area contributed by atoms with E-state index in [0.29, 0.717) is 19.3 Å². The van der Waals surface area contributed by atoms with Crippen LogP contribution in [0.4, 0.5) is 0 Å². The minimum atomic E-state index is -1.20. The van der Waals surface area contributed by atoms with Crippen molar-refractivity contribution in [2.75, 3.05) is 7.11 Å². The van der Waals surface area contributed by atoms with Gasteiger partial charge in [0.25, 0.3) is 0 Å². The van der Waals surface area contributed by atoms with Gasteiger partial charge in [-0.15, -0.1) is 0 Å². The molecule has 2 heterocycles. The van der Waals surface area contributed by atoms with Crippen LogP contribution in [-0.2, 0) is 33.3 Å². The molecule has 6 atom stereocenters. The molecular formula is C36H62O7. The smallest absolute Gasteiger partial charge is 0.351 e. The van der Waals surface area contributed by atoms with Crippen LogP contribution in [0, 0.1) is 16.7 Å². The number of methoxy groups -OCH3 is 1. The molecule has 0 unspecified atom stereocenters. The molecular weight excluding hydrogens is 544 g/mol. The van der Waals surface area contributed by atoms with Crippen LogP contribution in [0.25, 0.3) is 0 Å². The average molecular weight is 607 g/mol. The van der Waals surface area contributed by atoms with Gasteiger partial charge < -0.3 is 18.9 Å². The lowest BCUT2D eigenvalue weighted by molar-refractivity contribution is -0.203. The van der Waals surface area contributed by atoms with Crippen molar-refractivity contribution in [1.82, 2.24) is 0 Å². The molecule has 43 heavy (non-hydrogen) atoms. The number of fused-ring (bicyclic) bond motifs is 2. The van der Waals surface area contributed by atoms with Crippen molar-refractivity contribution in [3.05, 3.63) is 0 Å². The van der Waals surface area contributed by atoms with E-state index in [9.17, 15) is 14.4 Å². The highest BCUT2D eigenvalue weighted by molar-refractivity contribution is 5.93. The first kappa shape index (κ1) is 35.8. The topological polar surface area (TPSA) is 88.1 Å².